The summed E-state index contributed by atoms with van der Waals surface area (Å²) in [6, 6.07) is 7.66. The van der Waals surface area contributed by atoms with Gasteiger partial charge >= 0.3 is 5.97 Å². The first-order valence-corrected chi connectivity index (χ1v) is 8.54. The Morgan fingerprint density at radius 2 is 1.88 bits per heavy atom. The van der Waals surface area contributed by atoms with Gasteiger partial charge in [-0.3, -0.25) is 14.4 Å². The van der Waals surface area contributed by atoms with Crippen LogP contribution in [0.3, 0.4) is 0 Å². The van der Waals surface area contributed by atoms with Crippen molar-refractivity contribution >= 4 is 17.7 Å². The average Bonchev–Trinajstić information content (AvgIpc) is 2.64. The normalized spacial score (nSPS) is 12.6. The summed E-state index contributed by atoms with van der Waals surface area (Å²) < 4.78 is 4.83. The van der Waals surface area contributed by atoms with E-state index < -0.39 is 18.5 Å². The number of esters is 1. The lowest BCUT2D eigenvalue weighted by atomic mass is 9.89. The average molecular weight is 342 g/mol. The number of ether oxygens (including phenoxy) is 1. The van der Waals surface area contributed by atoms with E-state index >= 15 is 0 Å². The van der Waals surface area contributed by atoms with E-state index in [0.29, 0.717) is 5.56 Å². The van der Waals surface area contributed by atoms with E-state index in [9.17, 15) is 14.4 Å². The van der Waals surface area contributed by atoms with Gasteiger partial charge in [0.05, 0.1) is 18.9 Å². The van der Waals surface area contributed by atoms with Crippen molar-refractivity contribution in [3.63, 3.8) is 0 Å². The molecule has 0 aliphatic heterocycles. The van der Waals surface area contributed by atoms with Gasteiger partial charge in [0.1, 0.15) is 0 Å². The van der Waals surface area contributed by atoms with Gasteiger partial charge in [0, 0.05) is 18.5 Å². The predicted octanol–water partition coefficient (Wildman–Crippen LogP) is 2.10. The highest BCUT2D eigenvalue weighted by Gasteiger charge is 2.15. The SMILES string of the molecule is N#CCCNC(=O)COC(=O)CCC(=O)c1ccc2c(c1)CCCC2. The second-order valence-electron chi connectivity index (χ2n) is 6.03. The first-order chi connectivity index (χ1) is 12.1. The molecular formula is C19H22N2O4. The van der Waals surface area contributed by atoms with Crippen LogP contribution in [0.4, 0.5) is 0 Å². The number of ketones is 1. The molecule has 1 aromatic rings. The Labute approximate surface area is 147 Å². The maximum atomic E-state index is 12.2. The number of aryl methyl sites for hydroxylation is 2. The van der Waals surface area contributed by atoms with Crippen LogP contribution in [0.15, 0.2) is 18.2 Å². The van der Waals surface area contributed by atoms with Crippen molar-refractivity contribution in [1.29, 1.82) is 5.26 Å². The number of fused-ring (bicyclic) bond motifs is 1. The molecule has 1 N–H and O–H groups in total. The van der Waals surface area contributed by atoms with E-state index in [1.165, 1.54) is 17.5 Å². The fraction of sp³-hybridized carbons (Fsp3) is 0.474. The van der Waals surface area contributed by atoms with Crippen LogP contribution >= 0.6 is 0 Å². The molecular weight excluding hydrogens is 320 g/mol. The number of nitrogens with zero attached hydrogens (tertiary/aromatic N) is 1. The smallest absolute Gasteiger partial charge is 0.306 e. The van der Waals surface area contributed by atoms with Gasteiger partial charge in [-0.15, -0.1) is 0 Å². The van der Waals surface area contributed by atoms with Crippen LogP contribution in [0.2, 0.25) is 0 Å². The van der Waals surface area contributed by atoms with Crippen LogP contribution in [-0.2, 0) is 27.2 Å². The van der Waals surface area contributed by atoms with Crippen LogP contribution in [0, 0.1) is 11.3 Å². The van der Waals surface area contributed by atoms with Gasteiger partial charge in [-0.1, -0.05) is 12.1 Å². The molecule has 1 aromatic carbocycles. The Kier molecular flexibility index (Phi) is 7.15. The van der Waals surface area contributed by atoms with Gasteiger partial charge in [-0.05, 0) is 42.9 Å². The lowest BCUT2D eigenvalue weighted by Gasteiger charge is -2.16. The molecule has 1 aliphatic carbocycles. The van der Waals surface area contributed by atoms with Crippen LogP contribution in [0.5, 0.6) is 0 Å². The van der Waals surface area contributed by atoms with E-state index in [1.54, 1.807) is 0 Å². The Morgan fingerprint density at radius 1 is 1.12 bits per heavy atom. The number of rotatable bonds is 8. The second kappa shape index (κ2) is 9.58. The molecule has 132 valence electrons. The first-order valence-electron chi connectivity index (χ1n) is 8.54. The summed E-state index contributed by atoms with van der Waals surface area (Å²) in [5, 5.41) is 10.8. The molecule has 2 rings (SSSR count). The molecule has 0 atom stereocenters. The number of nitriles is 1. The standard InChI is InChI=1S/C19H22N2O4/c20-10-3-11-21-18(23)13-25-19(24)9-8-17(22)16-7-6-14-4-1-2-5-15(14)12-16/h6-7,12H,1-5,8-9,11,13H2,(H,21,23). The largest absolute Gasteiger partial charge is 0.456 e. The number of carbonyl (C=O) groups is 3. The van der Waals surface area contributed by atoms with Crippen molar-refractivity contribution < 1.29 is 19.1 Å². The number of amides is 1. The summed E-state index contributed by atoms with van der Waals surface area (Å²) in [5.74, 6) is -1.13. The zero-order valence-electron chi connectivity index (χ0n) is 14.2. The van der Waals surface area contributed by atoms with E-state index in [2.05, 4.69) is 5.32 Å². The molecule has 0 fully saturated rings. The lowest BCUT2D eigenvalue weighted by Crippen LogP contribution is -2.29. The third-order valence-corrected chi connectivity index (χ3v) is 4.15. The molecule has 0 spiro atoms. The van der Waals surface area contributed by atoms with Crippen molar-refractivity contribution in [2.45, 2.75) is 44.9 Å². The van der Waals surface area contributed by atoms with Crippen LogP contribution in [0.1, 0.15) is 53.6 Å². The quantitative estimate of drug-likeness (QED) is 0.443. The van der Waals surface area contributed by atoms with Gasteiger partial charge in [0.2, 0.25) is 0 Å². The van der Waals surface area contributed by atoms with Crippen molar-refractivity contribution in [3.05, 3.63) is 34.9 Å². The number of hydrogen-bond donors (Lipinski definition) is 1. The van der Waals surface area contributed by atoms with E-state index in [-0.39, 0.29) is 31.6 Å². The number of nitrogens with one attached hydrogen (secondary N) is 1. The van der Waals surface area contributed by atoms with Crippen molar-refractivity contribution in [2.75, 3.05) is 13.2 Å². The highest BCUT2D eigenvalue weighted by molar-refractivity contribution is 5.97. The van der Waals surface area contributed by atoms with Crippen molar-refractivity contribution in [3.8, 4) is 6.07 Å². The Bertz CT molecular complexity index is 691. The molecule has 6 nitrogen and oxygen atoms in total. The first kappa shape index (κ1) is 18.7. The molecule has 0 aromatic heterocycles. The van der Waals surface area contributed by atoms with Gasteiger partial charge < -0.3 is 10.1 Å². The fourth-order valence-corrected chi connectivity index (χ4v) is 2.79. The van der Waals surface area contributed by atoms with Gasteiger partial charge in [-0.2, -0.15) is 5.26 Å². The molecule has 0 heterocycles. The zero-order chi connectivity index (χ0) is 18.1. The Morgan fingerprint density at radius 3 is 2.64 bits per heavy atom. The van der Waals surface area contributed by atoms with Crippen LogP contribution in [-0.4, -0.2) is 30.8 Å². The molecule has 0 saturated carbocycles. The minimum absolute atomic E-state index is 0.0542. The number of carbonyl (C=O) groups excluding carboxylic acids is 3. The summed E-state index contributed by atoms with van der Waals surface area (Å²) in [6.45, 7) is -0.166. The zero-order valence-corrected chi connectivity index (χ0v) is 14.2. The highest BCUT2D eigenvalue weighted by Crippen LogP contribution is 2.22. The van der Waals surface area contributed by atoms with Crippen molar-refractivity contribution in [1.82, 2.24) is 5.32 Å². The molecule has 1 amide bonds. The summed E-state index contributed by atoms with van der Waals surface area (Å²) in [6.07, 6.45) is 4.61. The lowest BCUT2D eigenvalue weighted by molar-refractivity contribution is -0.148. The molecule has 0 saturated heterocycles. The molecule has 0 radical (unpaired) electrons. The van der Waals surface area contributed by atoms with E-state index in [0.717, 1.165) is 19.3 Å². The topological polar surface area (TPSA) is 96.3 Å². The van der Waals surface area contributed by atoms with Crippen molar-refractivity contribution in [2.24, 2.45) is 0 Å². The number of hydrogen-bond acceptors (Lipinski definition) is 5. The third kappa shape index (κ3) is 6.03. The third-order valence-electron chi connectivity index (χ3n) is 4.15. The Hall–Kier alpha value is -2.68. The molecule has 1 aliphatic rings. The number of Topliss-reactive ketones (excluding diaryl/α,β-unsaturated/α-hetero) is 1. The van der Waals surface area contributed by atoms with E-state index in [4.69, 9.17) is 10.00 Å². The summed E-state index contributed by atoms with van der Waals surface area (Å²) >= 11 is 0. The molecule has 0 bridgehead atoms. The fourth-order valence-electron chi connectivity index (χ4n) is 2.79. The number of benzene rings is 1. The second-order valence-corrected chi connectivity index (χ2v) is 6.03. The van der Waals surface area contributed by atoms with Crippen LogP contribution < -0.4 is 5.32 Å². The van der Waals surface area contributed by atoms with Gasteiger partial charge in [0.25, 0.3) is 5.91 Å². The maximum Gasteiger partial charge on any atom is 0.306 e. The van der Waals surface area contributed by atoms with Gasteiger partial charge in [-0.25, -0.2) is 0 Å². The van der Waals surface area contributed by atoms with E-state index in [1.807, 2.05) is 24.3 Å². The minimum Gasteiger partial charge on any atom is -0.456 e. The summed E-state index contributed by atoms with van der Waals surface area (Å²) in [4.78, 5) is 35.2. The van der Waals surface area contributed by atoms with Crippen LogP contribution in [0.25, 0.3) is 0 Å². The maximum absolute atomic E-state index is 12.2. The highest BCUT2D eigenvalue weighted by atomic mass is 16.5. The monoisotopic (exact) mass is 342 g/mol. The minimum atomic E-state index is -0.582. The Balaban J connectivity index is 1.73. The molecule has 25 heavy (non-hydrogen) atoms. The predicted molar refractivity (Wildman–Crippen MR) is 90.8 cm³/mol. The molecule has 6 heteroatoms. The molecule has 0 unspecified atom stereocenters. The summed E-state index contributed by atoms with van der Waals surface area (Å²) in [7, 11) is 0. The van der Waals surface area contributed by atoms with Gasteiger partial charge in [0.15, 0.2) is 12.4 Å². The summed E-state index contributed by atoms with van der Waals surface area (Å²) in [5.41, 5.74) is 3.17.